The molecule has 0 radical (unpaired) electrons. The Labute approximate surface area is 176 Å². The summed E-state index contributed by atoms with van der Waals surface area (Å²) in [6.07, 6.45) is 6.42. The van der Waals surface area contributed by atoms with Crippen LogP contribution in [0.5, 0.6) is 0 Å². The van der Waals surface area contributed by atoms with Crippen molar-refractivity contribution in [3.8, 4) is 0 Å². The first-order chi connectivity index (χ1) is 14.5. The van der Waals surface area contributed by atoms with E-state index in [0.717, 1.165) is 49.4 Å². The lowest BCUT2D eigenvalue weighted by molar-refractivity contribution is 0.0677. The molecule has 1 fully saturated rings. The zero-order valence-corrected chi connectivity index (χ0v) is 17.6. The Bertz CT molecular complexity index is 999. The van der Waals surface area contributed by atoms with E-state index in [0.29, 0.717) is 24.7 Å². The number of benzene rings is 1. The zero-order chi connectivity index (χ0) is 21.1. The van der Waals surface area contributed by atoms with Gasteiger partial charge in [0.05, 0.1) is 0 Å². The van der Waals surface area contributed by atoms with E-state index in [-0.39, 0.29) is 11.7 Å². The lowest BCUT2D eigenvalue weighted by Crippen LogP contribution is -2.40. The Balaban J connectivity index is 1.37. The zero-order valence-electron chi connectivity index (χ0n) is 17.6. The molecule has 158 valence electrons. The molecule has 7 heteroatoms. The van der Waals surface area contributed by atoms with Crippen LogP contribution in [0.2, 0.25) is 0 Å². The van der Waals surface area contributed by atoms with Gasteiger partial charge in [0.25, 0.3) is 5.91 Å². The van der Waals surface area contributed by atoms with Gasteiger partial charge in [0.2, 0.25) is 0 Å². The Hall–Kier alpha value is -2.96. The minimum Gasteiger partial charge on any atom is -0.337 e. The quantitative estimate of drug-likeness (QED) is 0.624. The van der Waals surface area contributed by atoms with E-state index in [4.69, 9.17) is 0 Å². The van der Waals surface area contributed by atoms with Crippen LogP contribution in [0.15, 0.2) is 42.7 Å². The molecule has 0 aliphatic carbocycles. The van der Waals surface area contributed by atoms with Crippen molar-refractivity contribution in [2.24, 2.45) is 5.92 Å². The Morgan fingerprint density at radius 1 is 1.17 bits per heavy atom. The molecule has 1 aliphatic heterocycles. The predicted molar refractivity (Wildman–Crippen MR) is 113 cm³/mol. The fraction of sp³-hybridized carbons (Fsp3) is 0.435. The van der Waals surface area contributed by atoms with Crippen LogP contribution in [-0.4, -0.2) is 43.2 Å². The van der Waals surface area contributed by atoms with Gasteiger partial charge < -0.3 is 9.47 Å². The molecule has 0 saturated carbocycles. The highest BCUT2D eigenvalue weighted by Crippen LogP contribution is 2.23. The van der Waals surface area contributed by atoms with Gasteiger partial charge in [-0.25, -0.2) is 9.37 Å². The second kappa shape index (κ2) is 8.81. The maximum Gasteiger partial charge on any atom is 0.272 e. The summed E-state index contributed by atoms with van der Waals surface area (Å²) in [6, 6.07) is 8.44. The van der Waals surface area contributed by atoms with Gasteiger partial charge in [-0.3, -0.25) is 9.48 Å². The van der Waals surface area contributed by atoms with Gasteiger partial charge in [0.15, 0.2) is 0 Å². The number of aryl methyl sites for hydroxylation is 2. The number of likely N-dealkylation sites (tertiary alicyclic amines) is 1. The molecule has 1 saturated heterocycles. The number of rotatable bonds is 6. The summed E-state index contributed by atoms with van der Waals surface area (Å²) in [4.78, 5) is 19.4. The van der Waals surface area contributed by atoms with Gasteiger partial charge in [-0.15, -0.1) is 0 Å². The van der Waals surface area contributed by atoms with E-state index in [2.05, 4.69) is 21.6 Å². The maximum absolute atomic E-state index is 13.2. The standard InChI is InChI=1S/C23H28FN5O/c1-3-29-21(8-11-26-29)23(30)27-12-9-18(10-13-27)14-22-25-15-17(2)28(22)16-19-4-6-20(24)7-5-19/h4-8,11,15,18H,3,9-10,12-14,16H2,1-2H3. The molecule has 1 aromatic carbocycles. The molecule has 6 nitrogen and oxygen atoms in total. The monoisotopic (exact) mass is 409 g/mol. The number of hydrogen-bond acceptors (Lipinski definition) is 3. The number of aromatic nitrogens is 4. The number of amides is 1. The topological polar surface area (TPSA) is 56.0 Å². The molecule has 3 aromatic rings. The molecular weight excluding hydrogens is 381 g/mol. The van der Waals surface area contributed by atoms with Crippen LogP contribution in [0.1, 0.15) is 47.3 Å². The fourth-order valence-corrected chi connectivity index (χ4v) is 4.19. The van der Waals surface area contributed by atoms with Crippen LogP contribution in [0, 0.1) is 18.7 Å². The molecule has 1 amide bonds. The Morgan fingerprint density at radius 3 is 2.60 bits per heavy atom. The summed E-state index contributed by atoms with van der Waals surface area (Å²) in [5, 5.41) is 4.21. The van der Waals surface area contributed by atoms with Crippen LogP contribution in [0.4, 0.5) is 4.39 Å². The van der Waals surface area contributed by atoms with Gasteiger partial charge in [0.1, 0.15) is 17.3 Å². The smallest absolute Gasteiger partial charge is 0.272 e. The molecule has 0 atom stereocenters. The third-order valence-corrected chi connectivity index (χ3v) is 6.00. The predicted octanol–water partition coefficient (Wildman–Crippen LogP) is 3.69. The molecule has 1 aliphatic rings. The lowest BCUT2D eigenvalue weighted by Gasteiger charge is -2.32. The molecule has 3 heterocycles. The minimum atomic E-state index is -0.218. The molecule has 4 rings (SSSR count). The van der Waals surface area contributed by atoms with Crippen molar-refractivity contribution in [3.63, 3.8) is 0 Å². The van der Waals surface area contributed by atoms with Crippen LogP contribution in [0.3, 0.4) is 0 Å². The van der Waals surface area contributed by atoms with Crippen molar-refractivity contribution in [1.29, 1.82) is 0 Å². The number of nitrogens with zero attached hydrogens (tertiary/aromatic N) is 5. The molecule has 2 aromatic heterocycles. The van der Waals surface area contributed by atoms with Gasteiger partial charge in [-0.2, -0.15) is 5.10 Å². The van der Waals surface area contributed by atoms with Crippen molar-refractivity contribution in [2.75, 3.05) is 13.1 Å². The molecule has 0 unspecified atom stereocenters. The third kappa shape index (κ3) is 4.30. The van der Waals surface area contributed by atoms with Gasteiger partial charge in [-0.1, -0.05) is 12.1 Å². The van der Waals surface area contributed by atoms with Crippen LogP contribution in [0.25, 0.3) is 0 Å². The van der Waals surface area contributed by atoms with Gasteiger partial charge in [0, 0.05) is 50.7 Å². The van der Waals surface area contributed by atoms with Gasteiger partial charge in [-0.05, 0) is 56.4 Å². The largest absolute Gasteiger partial charge is 0.337 e. The van der Waals surface area contributed by atoms with Crippen molar-refractivity contribution in [2.45, 2.75) is 46.2 Å². The average Bonchev–Trinajstić information content (AvgIpc) is 3.37. The lowest BCUT2D eigenvalue weighted by atomic mass is 9.93. The summed E-state index contributed by atoms with van der Waals surface area (Å²) < 4.78 is 17.2. The summed E-state index contributed by atoms with van der Waals surface area (Å²) in [5.74, 6) is 1.41. The van der Waals surface area contributed by atoms with Gasteiger partial charge >= 0.3 is 0 Å². The highest BCUT2D eigenvalue weighted by atomic mass is 19.1. The molecular formula is C23H28FN5O. The number of imidazole rings is 1. The van der Waals surface area contributed by atoms with E-state index in [1.165, 1.54) is 12.1 Å². The first kappa shape index (κ1) is 20.3. The summed E-state index contributed by atoms with van der Waals surface area (Å²) >= 11 is 0. The molecule has 30 heavy (non-hydrogen) atoms. The normalized spacial score (nSPS) is 15.0. The van der Waals surface area contributed by atoms with Crippen molar-refractivity contribution in [1.82, 2.24) is 24.2 Å². The summed E-state index contributed by atoms with van der Waals surface area (Å²) in [7, 11) is 0. The van der Waals surface area contributed by atoms with Crippen molar-refractivity contribution in [3.05, 3.63) is 71.3 Å². The van der Waals surface area contributed by atoms with E-state index in [9.17, 15) is 9.18 Å². The minimum absolute atomic E-state index is 0.0708. The maximum atomic E-state index is 13.2. The van der Waals surface area contributed by atoms with E-state index in [1.807, 2.05) is 30.2 Å². The highest BCUT2D eigenvalue weighted by Gasteiger charge is 2.26. The number of halogens is 1. The number of carbonyl (C=O) groups excluding carboxylic acids is 1. The highest BCUT2D eigenvalue weighted by molar-refractivity contribution is 5.92. The van der Waals surface area contributed by atoms with Crippen molar-refractivity contribution >= 4 is 5.91 Å². The number of carbonyl (C=O) groups is 1. The first-order valence-corrected chi connectivity index (χ1v) is 10.6. The average molecular weight is 410 g/mol. The third-order valence-electron chi connectivity index (χ3n) is 6.00. The molecule has 0 spiro atoms. The van der Waals surface area contributed by atoms with Crippen LogP contribution in [-0.2, 0) is 19.5 Å². The van der Waals surface area contributed by atoms with Crippen molar-refractivity contribution < 1.29 is 9.18 Å². The van der Waals surface area contributed by atoms with E-state index in [1.54, 1.807) is 16.9 Å². The second-order valence-corrected chi connectivity index (χ2v) is 8.00. The SMILES string of the molecule is CCn1nccc1C(=O)N1CCC(Cc2ncc(C)n2Cc2ccc(F)cc2)CC1. The summed E-state index contributed by atoms with van der Waals surface area (Å²) in [6.45, 7) is 6.96. The summed E-state index contributed by atoms with van der Waals surface area (Å²) in [5.41, 5.74) is 2.84. The second-order valence-electron chi connectivity index (χ2n) is 8.00. The van der Waals surface area contributed by atoms with E-state index < -0.39 is 0 Å². The van der Waals surface area contributed by atoms with Crippen LogP contribution < -0.4 is 0 Å². The Morgan fingerprint density at radius 2 is 1.90 bits per heavy atom. The molecule has 0 N–H and O–H groups in total. The van der Waals surface area contributed by atoms with Crippen LogP contribution >= 0.6 is 0 Å². The number of piperidine rings is 1. The fourth-order valence-electron chi connectivity index (χ4n) is 4.19. The molecule has 0 bridgehead atoms. The first-order valence-electron chi connectivity index (χ1n) is 10.6. The van der Waals surface area contributed by atoms with E-state index >= 15 is 0 Å². The Kier molecular flexibility index (Phi) is 5.97. The number of hydrogen-bond donors (Lipinski definition) is 0.